The fraction of sp³-hybridized carbons (Fsp3) is 1.00. The Labute approximate surface area is 88.3 Å². The standard InChI is InChI=1S/C12H26O2/c1-9(2)6-11(13)8-12(5,14)7-10(3)4/h9-11,13-14H,6-8H2,1-5H3/t11-,12+/m0/s1. The average molecular weight is 202 g/mol. The molecule has 2 N–H and O–H groups in total. The van der Waals surface area contributed by atoms with Crippen LogP contribution in [0.2, 0.25) is 0 Å². The Balaban J connectivity index is 3.94. The van der Waals surface area contributed by atoms with Crippen molar-refractivity contribution in [2.24, 2.45) is 11.8 Å². The van der Waals surface area contributed by atoms with Crippen LogP contribution in [-0.4, -0.2) is 21.9 Å². The van der Waals surface area contributed by atoms with Gasteiger partial charge in [-0.1, -0.05) is 27.7 Å². The van der Waals surface area contributed by atoms with Gasteiger partial charge in [-0.15, -0.1) is 0 Å². The summed E-state index contributed by atoms with van der Waals surface area (Å²) in [6.45, 7) is 10.2. The Kier molecular flexibility index (Phi) is 5.68. The number of hydrogen-bond acceptors (Lipinski definition) is 2. The molecule has 2 heteroatoms. The Bertz CT molecular complexity index is 150. The third kappa shape index (κ3) is 7.34. The lowest BCUT2D eigenvalue weighted by Crippen LogP contribution is -2.32. The van der Waals surface area contributed by atoms with E-state index in [1.807, 2.05) is 6.92 Å². The van der Waals surface area contributed by atoms with E-state index in [4.69, 9.17) is 0 Å². The van der Waals surface area contributed by atoms with E-state index in [0.717, 1.165) is 12.8 Å². The van der Waals surface area contributed by atoms with Gasteiger partial charge in [0.05, 0.1) is 11.7 Å². The monoisotopic (exact) mass is 202 g/mol. The van der Waals surface area contributed by atoms with Gasteiger partial charge in [-0.3, -0.25) is 0 Å². The van der Waals surface area contributed by atoms with Gasteiger partial charge in [-0.05, 0) is 31.6 Å². The summed E-state index contributed by atoms with van der Waals surface area (Å²) in [5.74, 6) is 0.955. The molecular weight excluding hydrogens is 176 g/mol. The molecule has 0 aromatic rings. The number of aliphatic hydroxyl groups excluding tert-OH is 1. The molecule has 0 unspecified atom stereocenters. The minimum atomic E-state index is -0.720. The highest BCUT2D eigenvalue weighted by molar-refractivity contribution is 4.78. The van der Waals surface area contributed by atoms with Crippen molar-refractivity contribution in [2.45, 2.75) is 65.6 Å². The maximum atomic E-state index is 10.0. The first-order valence-corrected chi connectivity index (χ1v) is 5.63. The quantitative estimate of drug-likeness (QED) is 0.695. The van der Waals surface area contributed by atoms with Crippen LogP contribution < -0.4 is 0 Å². The van der Waals surface area contributed by atoms with Crippen molar-refractivity contribution >= 4 is 0 Å². The summed E-state index contributed by atoms with van der Waals surface area (Å²) in [5, 5.41) is 19.7. The zero-order valence-electron chi connectivity index (χ0n) is 10.2. The van der Waals surface area contributed by atoms with Crippen LogP contribution in [0.5, 0.6) is 0 Å². The Morgan fingerprint density at radius 2 is 1.50 bits per heavy atom. The molecule has 0 heterocycles. The van der Waals surface area contributed by atoms with E-state index in [9.17, 15) is 10.2 Å². The molecule has 0 rings (SSSR count). The van der Waals surface area contributed by atoms with Crippen LogP contribution in [0.4, 0.5) is 0 Å². The van der Waals surface area contributed by atoms with Crippen LogP contribution in [0, 0.1) is 11.8 Å². The summed E-state index contributed by atoms with van der Waals surface area (Å²) in [4.78, 5) is 0. The van der Waals surface area contributed by atoms with Crippen LogP contribution in [0.25, 0.3) is 0 Å². The first-order valence-electron chi connectivity index (χ1n) is 5.63. The molecule has 0 aromatic carbocycles. The van der Waals surface area contributed by atoms with Crippen LogP contribution in [0.3, 0.4) is 0 Å². The van der Waals surface area contributed by atoms with Crippen molar-refractivity contribution < 1.29 is 10.2 Å². The Morgan fingerprint density at radius 1 is 1.00 bits per heavy atom. The maximum absolute atomic E-state index is 10.0. The molecule has 0 aliphatic heterocycles. The minimum absolute atomic E-state index is 0.372. The van der Waals surface area contributed by atoms with Crippen LogP contribution >= 0.6 is 0 Å². The minimum Gasteiger partial charge on any atom is -0.393 e. The molecule has 0 aliphatic carbocycles. The van der Waals surface area contributed by atoms with E-state index < -0.39 is 5.60 Å². The summed E-state index contributed by atoms with van der Waals surface area (Å²) in [6, 6.07) is 0. The van der Waals surface area contributed by atoms with Crippen LogP contribution in [0.1, 0.15) is 53.9 Å². The van der Waals surface area contributed by atoms with Crippen molar-refractivity contribution in [3.63, 3.8) is 0 Å². The lowest BCUT2D eigenvalue weighted by Gasteiger charge is -2.28. The predicted molar refractivity (Wildman–Crippen MR) is 60.2 cm³/mol. The SMILES string of the molecule is CC(C)C[C@H](O)C[C@](C)(O)CC(C)C. The highest BCUT2D eigenvalue weighted by Gasteiger charge is 2.25. The van der Waals surface area contributed by atoms with E-state index in [0.29, 0.717) is 18.3 Å². The van der Waals surface area contributed by atoms with Gasteiger partial charge in [0.1, 0.15) is 0 Å². The van der Waals surface area contributed by atoms with Crippen LogP contribution in [0.15, 0.2) is 0 Å². The first kappa shape index (κ1) is 13.9. The normalized spacial score (nSPS) is 18.6. The largest absolute Gasteiger partial charge is 0.393 e. The predicted octanol–water partition coefficient (Wildman–Crippen LogP) is 2.58. The van der Waals surface area contributed by atoms with Crippen molar-refractivity contribution in [1.82, 2.24) is 0 Å². The zero-order valence-corrected chi connectivity index (χ0v) is 10.2. The number of aliphatic hydroxyl groups is 2. The first-order chi connectivity index (χ1) is 6.23. The summed E-state index contributed by atoms with van der Waals surface area (Å²) in [5.41, 5.74) is -0.720. The van der Waals surface area contributed by atoms with Gasteiger partial charge in [-0.2, -0.15) is 0 Å². The fourth-order valence-electron chi connectivity index (χ4n) is 2.10. The second-order valence-electron chi connectivity index (χ2n) is 5.58. The molecule has 2 atom stereocenters. The molecule has 0 amide bonds. The average Bonchev–Trinajstić information content (AvgIpc) is 1.77. The van der Waals surface area contributed by atoms with Crippen LogP contribution in [-0.2, 0) is 0 Å². The summed E-state index contributed by atoms with van der Waals surface area (Å²) < 4.78 is 0. The van der Waals surface area contributed by atoms with E-state index in [-0.39, 0.29) is 6.10 Å². The Morgan fingerprint density at radius 3 is 1.86 bits per heavy atom. The van der Waals surface area contributed by atoms with Gasteiger partial charge < -0.3 is 10.2 Å². The lowest BCUT2D eigenvalue weighted by atomic mass is 9.87. The molecule has 0 fully saturated rings. The number of hydrogen-bond donors (Lipinski definition) is 2. The lowest BCUT2D eigenvalue weighted by molar-refractivity contribution is -0.0158. The van der Waals surface area contributed by atoms with Gasteiger partial charge in [0.15, 0.2) is 0 Å². The molecule has 0 spiro atoms. The van der Waals surface area contributed by atoms with E-state index >= 15 is 0 Å². The molecule has 0 bridgehead atoms. The van der Waals surface area contributed by atoms with Gasteiger partial charge in [0, 0.05) is 6.42 Å². The van der Waals surface area contributed by atoms with Crippen molar-refractivity contribution in [3.05, 3.63) is 0 Å². The van der Waals surface area contributed by atoms with Gasteiger partial charge in [0.25, 0.3) is 0 Å². The van der Waals surface area contributed by atoms with E-state index in [1.165, 1.54) is 0 Å². The molecule has 86 valence electrons. The summed E-state index contributed by atoms with van der Waals surface area (Å²) in [6.07, 6.45) is 1.64. The summed E-state index contributed by atoms with van der Waals surface area (Å²) >= 11 is 0. The molecule has 0 radical (unpaired) electrons. The highest BCUT2D eigenvalue weighted by atomic mass is 16.3. The second kappa shape index (κ2) is 5.72. The molecule has 0 aliphatic rings. The topological polar surface area (TPSA) is 40.5 Å². The molecule has 0 saturated carbocycles. The molecule has 0 aromatic heterocycles. The maximum Gasteiger partial charge on any atom is 0.0646 e. The zero-order chi connectivity index (χ0) is 11.4. The Hall–Kier alpha value is -0.0800. The molecule has 0 saturated heterocycles. The second-order valence-corrected chi connectivity index (χ2v) is 5.58. The van der Waals surface area contributed by atoms with E-state index in [2.05, 4.69) is 27.7 Å². The molecular formula is C12H26O2. The smallest absolute Gasteiger partial charge is 0.0646 e. The third-order valence-corrected chi connectivity index (χ3v) is 2.27. The summed E-state index contributed by atoms with van der Waals surface area (Å²) in [7, 11) is 0. The van der Waals surface area contributed by atoms with Crippen molar-refractivity contribution in [2.75, 3.05) is 0 Å². The van der Waals surface area contributed by atoms with E-state index in [1.54, 1.807) is 0 Å². The fourth-order valence-corrected chi connectivity index (χ4v) is 2.10. The highest BCUT2D eigenvalue weighted by Crippen LogP contribution is 2.23. The van der Waals surface area contributed by atoms with Gasteiger partial charge in [0.2, 0.25) is 0 Å². The molecule has 2 nitrogen and oxygen atoms in total. The van der Waals surface area contributed by atoms with Gasteiger partial charge in [-0.25, -0.2) is 0 Å². The molecule has 14 heavy (non-hydrogen) atoms. The van der Waals surface area contributed by atoms with Crippen molar-refractivity contribution in [1.29, 1.82) is 0 Å². The third-order valence-electron chi connectivity index (χ3n) is 2.27. The van der Waals surface area contributed by atoms with Crippen molar-refractivity contribution in [3.8, 4) is 0 Å². The van der Waals surface area contributed by atoms with Gasteiger partial charge >= 0.3 is 0 Å². The number of rotatable bonds is 6.